The SMILES string of the molecule is O=C(NCCNc1nc(-c2cccs2)nc2cc(Cl)ccc12)c1ccc(F)cc1. The van der Waals surface area contributed by atoms with Crippen LogP contribution in [-0.2, 0) is 0 Å². The van der Waals surface area contributed by atoms with Crippen LogP contribution in [0.5, 0.6) is 0 Å². The lowest BCUT2D eigenvalue weighted by Crippen LogP contribution is -2.29. The highest BCUT2D eigenvalue weighted by Gasteiger charge is 2.11. The second kappa shape index (κ2) is 8.55. The van der Waals surface area contributed by atoms with Gasteiger partial charge in [0.25, 0.3) is 5.91 Å². The molecule has 2 aromatic carbocycles. The summed E-state index contributed by atoms with van der Waals surface area (Å²) in [7, 11) is 0. The van der Waals surface area contributed by atoms with Crippen molar-refractivity contribution in [3.8, 4) is 10.7 Å². The fourth-order valence-corrected chi connectivity index (χ4v) is 3.64. The highest BCUT2D eigenvalue weighted by Crippen LogP contribution is 2.28. The molecule has 0 saturated carbocycles. The number of anilines is 1. The van der Waals surface area contributed by atoms with E-state index >= 15 is 0 Å². The molecule has 4 aromatic rings. The van der Waals surface area contributed by atoms with Crippen LogP contribution in [0.3, 0.4) is 0 Å². The summed E-state index contributed by atoms with van der Waals surface area (Å²) < 4.78 is 13.0. The fourth-order valence-electron chi connectivity index (χ4n) is 2.81. The van der Waals surface area contributed by atoms with E-state index in [4.69, 9.17) is 11.6 Å². The van der Waals surface area contributed by atoms with Gasteiger partial charge in [0.15, 0.2) is 5.82 Å². The highest BCUT2D eigenvalue weighted by atomic mass is 35.5. The maximum atomic E-state index is 13.0. The third-order valence-corrected chi connectivity index (χ3v) is 5.31. The monoisotopic (exact) mass is 426 g/mol. The van der Waals surface area contributed by atoms with Crippen molar-refractivity contribution >= 4 is 45.6 Å². The number of nitrogens with zero attached hydrogens (tertiary/aromatic N) is 2. The van der Waals surface area contributed by atoms with Gasteiger partial charge in [-0.15, -0.1) is 11.3 Å². The molecule has 2 aromatic heterocycles. The van der Waals surface area contributed by atoms with E-state index in [9.17, 15) is 9.18 Å². The third kappa shape index (κ3) is 4.52. The van der Waals surface area contributed by atoms with Gasteiger partial charge in [0.2, 0.25) is 0 Å². The molecule has 0 bridgehead atoms. The van der Waals surface area contributed by atoms with Crippen molar-refractivity contribution in [2.45, 2.75) is 0 Å². The van der Waals surface area contributed by atoms with Crippen molar-refractivity contribution in [1.82, 2.24) is 15.3 Å². The average molecular weight is 427 g/mol. The van der Waals surface area contributed by atoms with E-state index in [1.54, 1.807) is 23.5 Å². The third-order valence-electron chi connectivity index (χ3n) is 4.21. The Bertz CT molecular complexity index is 1150. The summed E-state index contributed by atoms with van der Waals surface area (Å²) in [5.74, 6) is 0.657. The molecule has 29 heavy (non-hydrogen) atoms. The van der Waals surface area contributed by atoms with Crippen molar-refractivity contribution in [2.75, 3.05) is 18.4 Å². The molecule has 0 spiro atoms. The van der Waals surface area contributed by atoms with Gasteiger partial charge in [-0.05, 0) is 53.9 Å². The summed E-state index contributed by atoms with van der Waals surface area (Å²) in [6.07, 6.45) is 0. The largest absolute Gasteiger partial charge is 0.368 e. The first kappa shape index (κ1) is 19.3. The number of carbonyl (C=O) groups is 1. The second-order valence-corrected chi connectivity index (χ2v) is 7.61. The maximum Gasteiger partial charge on any atom is 0.251 e. The lowest BCUT2D eigenvalue weighted by Gasteiger charge is -2.11. The number of hydrogen-bond donors (Lipinski definition) is 2. The molecule has 0 unspecified atom stereocenters. The standard InChI is InChI=1S/C21H16ClFN4OS/c22-14-5-8-16-17(12-14)26-20(18-2-1-11-29-18)27-19(16)24-9-10-25-21(28)13-3-6-15(23)7-4-13/h1-8,11-12H,9-10H2,(H,25,28)(H,24,26,27). The molecular formula is C21H16ClFN4OS. The Balaban J connectivity index is 1.48. The van der Waals surface area contributed by atoms with Crippen molar-refractivity contribution in [1.29, 1.82) is 0 Å². The van der Waals surface area contributed by atoms with E-state index in [0.717, 1.165) is 15.8 Å². The molecule has 0 aliphatic rings. The van der Waals surface area contributed by atoms with Crippen LogP contribution in [0.1, 0.15) is 10.4 Å². The molecule has 0 saturated heterocycles. The Kier molecular flexibility index (Phi) is 5.69. The number of fused-ring (bicyclic) bond motifs is 1. The molecule has 5 nitrogen and oxygen atoms in total. The number of rotatable bonds is 6. The molecular weight excluding hydrogens is 411 g/mol. The number of nitrogens with one attached hydrogen (secondary N) is 2. The molecule has 4 rings (SSSR count). The number of carbonyl (C=O) groups excluding carboxylic acids is 1. The first-order valence-corrected chi connectivity index (χ1v) is 10.1. The number of thiophene rings is 1. The zero-order valence-electron chi connectivity index (χ0n) is 15.2. The Morgan fingerprint density at radius 2 is 1.90 bits per heavy atom. The van der Waals surface area contributed by atoms with Crippen LogP contribution in [0.4, 0.5) is 10.2 Å². The fraction of sp³-hybridized carbons (Fsp3) is 0.0952. The van der Waals surface area contributed by atoms with E-state index in [0.29, 0.717) is 35.3 Å². The summed E-state index contributed by atoms with van der Waals surface area (Å²) in [4.78, 5) is 22.3. The smallest absolute Gasteiger partial charge is 0.251 e. The Hall–Kier alpha value is -3.03. The first-order chi connectivity index (χ1) is 14.1. The van der Waals surface area contributed by atoms with Gasteiger partial charge in [0.05, 0.1) is 10.4 Å². The van der Waals surface area contributed by atoms with Gasteiger partial charge in [-0.2, -0.15) is 0 Å². The van der Waals surface area contributed by atoms with Gasteiger partial charge in [-0.3, -0.25) is 4.79 Å². The van der Waals surface area contributed by atoms with E-state index < -0.39 is 0 Å². The minimum atomic E-state index is -0.375. The molecule has 8 heteroatoms. The lowest BCUT2D eigenvalue weighted by atomic mass is 10.2. The van der Waals surface area contributed by atoms with Crippen molar-refractivity contribution in [3.05, 3.63) is 76.4 Å². The molecule has 0 atom stereocenters. The molecule has 2 heterocycles. The molecule has 0 aliphatic carbocycles. The van der Waals surface area contributed by atoms with Crippen LogP contribution in [-0.4, -0.2) is 29.0 Å². The molecule has 0 radical (unpaired) electrons. The van der Waals surface area contributed by atoms with Crippen molar-refractivity contribution in [3.63, 3.8) is 0 Å². The zero-order valence-corrected chi connectivity index (χ0v) is 16.7. The Morgan fingerprint density at radius 1 is 1.07 bits per heavy atom. The van der Waals surface area contributed by atoms with E-state index in [-0.39, 0.29) is 11.7 Å². The lowest BCUT2D eigenvalue weighted by molar-refractivity contribution is 0.0955. The summed E-state index contributed by atoms with van der Waals surface area (Å²) in [6, 6.07) is 14.8. The number of amides is 1. The van der Waals surface area contributed by atoms with Gasteiger partial charge in [-0.1, -0.05) is 17.7 Å². The topological polar surface area (TPSA) is 66.9 Å². The van der Waals surface area contributed by atoms with Crippen LogP contribution in [0, 0.1) is 5.82 Å². The van der Waals surface area contributed by atoms with Gasteiger partial charge < -0.3 is 10.6 Å². The summed E-state index contributed by atoms with van der Waals surface area (Å²) in [5.41, 5.74) is 1.15. The molecule has 0 fully saturated rings. The maximum absolute atomic E-state index is 13.0. The summed E-state index contributed by atoms with van der Waals surface area (Å²) in [5, 5.41) is 9.48. The predicted molar refractivity (Wildman–Crippen MR) is 115 cm³/mol. The van der Waals surface area contributed by atoms with E-state index in [1.807, 2.05) is 23.6 Å². The molecule has 2 N–H and O–H groups in total. The summed E-state index contributed by atoms with van der Waals surface area (Å²) in [6.45, 7) is 0.842. The van der Waals surface area contributed by atoms with Crippen molar-refractivity contribution < 1.29 is 9.18 Å². The van der Waals surface area contributed by atoms with E-state index in [2.05, 4.69) is 20.6 Å². The van der Waals surface area contributed by atoms with Gasteiger partial charge in [0, 0.05) is 29.1 Å². The predicted octanol–water partition coefficient (Wildman–Crippen LogP) is 4.99. The average Bonchev–Trinajstić information content (AvgIpc) is 3.26. The number of halogens is 2. The highest BCUT2D eigenvalue weighted by molar-refractivity contribution is 7.13. The van der Waals surface area contributed by atoms with Gasteiger partial charge >= 0.3 is 0 Å². The number of aromatic nitrogens is 2. The quantitative estimate of drug-likeness (QED) is 0.426. The minimum absolute atomic E-state index is 0.259. The van der Waals surface area contributed by atoms with Crippen molar-refractivity contribution in [2.24, 2.45) is 0 Å². The van der Waals surface area contributed by atoms with Gasteiger partial charge in [-0.25, -0.2) is 14.4 Å². The Morgan fingerprint density at radius 3 is 2.66 bits per heavy atom. The molecule has 0 aliphatic heterocycles. The van der Waals surface area contributed by atoms with E-state index in [1.165, 1.54) is 24.3 Å². The van der Waals surface area contributed by atoms with Crippen LogP contribution in [0.2, 0.25) is 5.02 Å². The number of hydrogen-bond acceptors (Lipinski definition) is 5. The molecule has 1 amide bonds. The number of benzene rings is 2. The Labute approximate surface area is 175 Å². The van der Waals surface area contributed by atoms with Crippen LogP contribution < -0.4 is 10.6 Å². The molecule has 146 valence electrons. The normalized spacial score (nSPS) is 10.8. The van der Waals surface area contributed by atoms with Gasteiger partial charge in [0.1, 0.15) is 11.6 Å². The zero-order chi connectivity index (χ0) is 20.2. The van der Waals surface area contributed by atoms with Crippen LogP contribution in [0.25, 0.3) is 21.6 Å². The van der Waals surface area contributed by atoms with Crippen LogP contribution >= 0.6 is 22.9 Å². The summed E-state index contributed by atoms with van der Waals surface area (Å²) >= 11 is 7.69. The second-order valence-electron chi connectivity index (χ2n) is 6.22. The van der Waals surface area contributed by atoms with Crippen LogP contribution in [0.15, 0.2) is 60.0 Å². The minimum Gasteiger partial charge on any atom is -0.368 e. The first-order valence-electron chi connectivity index (χ1n) is 8.89.